The van der Waals surface area contributed by atoms with E-state index in [1.807, 2.05) is 17.2 Å². The lowest BCUT2D eigenvalue weighted by Gasteiger charge is -2.27. The number of nitrogens with one attached hydrogen (secondary N) is 3. The number of hydrogen-bond donors (Lipinski definition) is 3. The Morgan fingerprint density at radius 2 is 2.00 bits per heavy atom. The Kier molecular flexibility index (Phi) is 7.62. The SMILES string of the molecule is N#CNC(=NCCc1cc2ccc(F)cc2[nH]1)NC1CCCCN(CC(=O)N2CCCC2)C1=O. The van der Waals surface area contributed by atoms with Gasteiger partial charge in [-0.05, 0) is 61.8 Å². The van der Waals surface area contributed by atoms with Crippen LogP contribution in [-0.2, 0) is 16.0 Å². The number of carbonyl (C=O) groups is 2. The molecule has 0 bridgehead atoms. The highest BCUT2D eigenvalue weighted by molar-refractivity contribution is 5.92. The number of likely N-dealkylation sites (tertiary alicyclic amines) is 2. The van der Waals surface area contributed by atoms with Gasteiger partial charge in [-0.3, -0.25) is 19.9 Å². The van der Waals surface area contributed by atoms with Crippen molar-refractivity contribution in [2.45, 2.75) is 44.6 Å². The molecule has 0 aliphatic carbocycles. The summed E-state index contributed by atoms with van der Waals surface area (Å²) in [6.45, 7) is 2.53. The molecule has 180 valence electrons. The Morgan fingerprint density at radius 1 is 1.21 bits per heavy atom. The van der Waals surface area contributed by atoms with Crippen LogP contribution in [0.1, 0.15) is 37.8 Å². The fraction of sp³-hybridized carbons (Fsp3) is 0.500. The summed E-state index contributed by atoms with van der Waals surface area (Å²) >= 11 is 0. The lowest BCUT2D eigenvalue weighted by molar-refractivity contribution is -0.140. The van der Waals surface area contributed by atoms with Gasteiger partial charge in [-0.25, -0.2) is 4.39 Å². The molecule has 1 aromatic carbocycles. The maximum absolute atomic E-state index is 13.4. The zero-order chi connectivity index (χ0) is 23.9. The molecule has 0 radical (unpaired) electrons. The fourth-order valence-electron chi connectivity index (χ4n) is 4.55. The Labute approximate surface area is 198 Å². The van der Waals surface area contributed by atoms with Crippen molar-refractivity contribution in [3.63, 3.8) is 0 Å². The molecular weight excluding hydrogens is 437 g/mol. The minimum absolute atomic E-state index is 0.00578. The average Bonchev–Trinajstić information content (AvgIpc) is 3.46. The number of carbonyl (C=O) groups excluding carboxylic acids is 2. The maximum atomic E-state index is 13.4. The minimum Gasteiger partial charge on any atom is -0.358 e. The molecule has 1 atom stereocenters. The molecule has 2 fully saturated rings. The third kappa shape index (κ3) is 5.84. The molecule has 2 aliphatic heterocycles. The molecule has 9 nitrogen and oxygen atoms in total. The molecule has 2 amide bonds. The number of guanidine groups is 1. The van der Waals surface area contributed by atoms with Crippen molar-refractivity contribution in [2.24, 2.45) is 4.99 Å². The van der Waals surface area contributed by atoms with Crippen LogP contribution in [0.2, 0.25) is 0 Å². The molecule has 3 heterocycles. The minimum atomic E-state index is -0.551. The highest BCUT2D eigenvalue weighted by Gasteiger charge is 2.30. The lowest BCUT2D eigenvalue weighted by Crippen LogP contribution is -2.52. The second-order valence-corrected chi connectivity index (χ2v) is 8.78. The van der Waals surface area contributed by atoms with Gasteiger partial charge in [-0.2, -0.15) is 5.26 Å². The molecule has 0 saturated carbocycles. The van der Waals surface area contributed by atoms with E-state index in [1.54, 1.807) is 11.0 Å². The number of rotatable bonds is 6. The van der Waals surface area contributed by atoms with Crippen molar-refractivity contribution < 1.29 is 14.0 Å². The molecule has 1 unspecified atom stereocenters. The summed E-state index contributed by atoms with van der Waals surface area (Å²) in [4.78, 5) is 36.8. The van der Waals surface area contributed by atoms with E-state index in [0.29, 0.717) is 25.9 Å². The number of H-pyrrole nitrogens is 1. The fourth-order valence-corrected chi connectivity index (χ4v) is 4.55. The first-order valence-electron chi connectivity index (χ1n) is 11.8. The first-order valence-corrected chi connectivity index (χ1v) is 11.8. The monoisotopic (exact) mass is 467 g/mol. The molecule has 2 aromatic rings. The summed E-state index contributed by atoms with van der Waals surface area (Å²) in [5.74, 6) is -0.215. The van der Waals surface area contributed by atoms with Gasteiger partial charge in [0.1, 0.15) is 11.9 Å². The van der Waals surface area contributed by atoms with Crippen molar-refractivity contribution in [3.05, 3.63) is 35.8 Å². The quantitative estimate of drug-likeness (QED) is 0.260. The number of halogens is 1. The molecule has 1 aromatic heterocycles. The highest BCUT2D eigenvalue weighted by atomic mass is 19.1. The Bertz CT molecular complexity index is 1100. The summed E-state index contributed by atoms with van der Waals surface area (Å²) < 4.78 is 13.4. The van der Waals surface area contributed by atoms with Crippen LogP contribution in [0.15, 0.2) is 29.3 Å². The van der Waals surface area contributed by atoms with Crippen LogP contribution >= 0.6 is 0 Å². The standard InChI is InChI=1S/C24H30FN7O2/c25-18-7-6-17-13-19(29-21(17)14-18)8-9-27-24(28-16-26)30-20-5-1-2-12-32(23(20)34)15-22(33)31-10-3-4-11-31/h6-7,13-14,20,29H,1-5,8-12,15H2,(H2,27,28,30). The van der Waals surface area contributed by atoms with Gasteiger partial charge >= 0.3 is 0 Å². The van der Waals surface area contributed by atoms with Crippen LogP contribution in [-0.4, -0.2) is 71.3 Å². The molecule has 2 aliphatic rings. The predicted octanol–water partition coefficient (Wildman–Crippen LogP) is 1.87. The largest absolute Gasteiger partial charge is 0.358 e. The van der Waals surface area contributed by atoms with Gasteiger partial charge in [0.05, 0.1) is 6.54 Å². The first kappa shape index (κ1) is 23.5. The Balaban J connectivity index is 1.37. The molecule has 2 saturated heterocycles. The molecular formula is C24H30FN7O2. The number of nitriles is 1. The summed E-state index contributed by atoms with van der Waals surface area (Å²) in [7, 11) is 0. The number of fused-ring (bicyclic) bond motifs is 1. The summed E-state index contributed by atoms with van der Waals surface area (Å²) in [6.07, 6.45) is 6.72. The maximum Gasteiger partial charge on any atom is 0.245 e. The van der Waals surface area contributed by atoms with E-state index in [-0.39, 0.29) is 30.1 Å². The molecule has 10 heteroatoms. The zero-order valence-electron chi connectivity index (χ0n) is 19.1. The molecule has 0 spiro atoms. The van der Waals surface area contributed by atoms with Crippen LogP contribution in [0, 0.1) is 17.3 Å². The van der Waals surface area contributed by atoms with Crippen molar-refractivity contribution in [2.75, 3.05) is 32.7 Å². The van der Waals surface area contributed by atoms with E-state index in [0.717, 1.165) is 55.4 Å². The first-order chi connectivity index (χ1) is 16.5. The third-order valence-corrected chi connectivity index (χ3v) is 6.34. The normalized spacial score (nSPS) is 19.2. The molecule has 3 N–H and O–H groups in total. The Morgan fingerprint density at radius 3 is 2.79 bits per heavy atom. The number of nitrogens with zero attached hydrogens (tertiary/aromatic N) is 4. The van der Waals surface area contributed by atoms with Crippen LogP contribution in [0.25, 0.3) is 10.9 Å². The zero-order valence-corrected chi connectivity index (χ0v) is 19.1. The van der Waals surface area contributed by atoms with Crippen molar-refractivity contribution in [1.82, 2.24) is 25.4 Å². The molecule has 34 heavy (non-hydrogen) atoms. The number of aromatic amines is 1. The number of amides is 2. The average molecular weight is 468 g/mol. The van der Waals surface area contributed by atoms with Gasteiger partial charge in [0.15, 0.2) is 6.19 Å². The van der Waals surface area contributed by atoms with E-state index in [4.69, 9.17) is 5.26 Å². The number of hydrogen-bond acceptors (Lipinski definition) is 4. The molecule has 4 rings (SSSR count). The number of aromatic nitrogens is 1. The van der Waals surface area contributed by atoms with Gasteiger partial charge in [0, 0.05) is 43.8 Å². The lowest BCUT2D eigenvalue weighted by atomic mass is 10.1. The Hall–Kier alpha value is -3.61. The third-order valence-electron chi connectivity index (χ3n) is 6.34. The van der Waals surface area contributed by atoms with Gasteiger partial charge in [-0.15, -0.1) is 0 Å². The highest BCUT2D eigenvalue weighted by Crippen LogP contribution is 2.17. The van der Waals surface area contributed by atoms with E-state index in [1.165, 1.54) is 12.1 Å². The van der Waals surface area contributed by atoms with Crippen molar-refractivity contribution in [3.8, 4) is 6.19 Å². The van der Waals surface area contributed by atoms with E-state index in [9.17, 15) is 14.0 Å². The summed E-state index contributed by atoms with van der Waals surface area (Å²) in [5, 5.41) is 15.7. The summed E-state index contributed by atoms with van der Waals surface area (Å²) in [5.41, 5.74) is 1.62. The second-order valence-electron chi connectivity index (χ2n) is 8.78. The van der Waals surface area contributed by atoms with Crippen LogP contribution in [0.3, 0.4) is 0 Å². The van der Waals surface area contributed by atoms with Crippen LogP contribution in [0.5, 0.6) is 0 Å². The van der Waals surface area contributed by atoms with Gasteiger partial charge in [0.25, 0.3) is 0 Å². The smallest absolute Gasteiger partial charge is 0.245 e. The van der Waals surface area contributed by atoms with Crippen molar-refractivity contribution >= 4 is 28.7 Å². The van der Waals surface area contributed by atoms with Gasteiger partial charge in [0.2, 0.25) is 17.8 Å². The predicted molar refractivity (Wildman–Crippen MR) is 126 cm³/mol. The van der Waals surface area contributed by atoms with Crippen molar-refractivity contribution in [1.29, 1.82) is 5.26 Å². The van der Waals surface area contributed by atoms with Gasteiger partial charge < -0.3 is 20.1 Å². The van der Waals surface area contributed by atoms with E-state index < -0.39 is 6.04 Å². The second kappa shape index (κ2) is 11.0. The number of aliphatic imine (C=N–C) groups is 1. The topological polar surface area (TPSA) is 117 Å². The van der Waals surface area contributed by atoms with Crippen LogP contribution in [0.4, 0.5) is 4.39 Å². The number of benzene rings is 1. The van der Waals surface area contributed by atoms with E-state index in [2.05, 4.69) is 20.6 Å². The van der Waals surface area contributed by atoms with Crippen LogP contribution < -0.4 is 10.6 Å². The van der Waals surface area contributed by atoms with Gasteiger partial charge in [-0.1, -0.05) is 0 Å². The summed E-state index contributed by atoms with van der Waals surface area (Å²) in [6, 6.07) is 5.98. The van der Waals surface area contributed by atoms with E-state index >= 15 is 0 Å².